The van der Waals surface area contributed by atoms with Gasteiger partial charge in [0, 0.05) is 30.4 Å². The van der Waals surface area contributed by atoms with E-state index < -0.39 is 0 Å². The molecule has 1 aliphatic carbocycles. The lowest BCUT2D eigenvalue weighted by Crippen LogP contribution is -2.57. The third-order valence-electron chi connectivity index (χ3n) is 7.08. The second-order valence-corrected chi connectivity index (χ2v) is 9.38. The van der Waals surface area contributed by atoms with Gasteiger partial charge in [0.05, 0.1) is 17.2 Å². The minimum absolute atomic E-state index is 0.0278. The largest absolute Gasteiger partial charge is 0.368 e. The van der Waals surface area contributed by atoms with Gasteiger partial charge in [0.2, 0.25) is 0 Å². The molecule has 162 valence electrons. The molecule has 2 aliphatic rings. The van der Waals surface area contributed by atoms with E-state index in [1.807, 2.05) is 43.3 Å². The number of nitriles is 1. The Balaban J connectivity index is 1.42. The van der Waals surface area contributed by atoms with Crippen LogP contribution >= 0.6 is 0 Å². The number of anilines is 1. The standard InChI is InChI=1S/C27H28N4O/c1-18-10-11-20(31-16-21(17-31)30(2)3)14-24(18)26(32)29-27(12-13-27)25-9-5-7-22-19(15-28)6-4-8-23(22)25/h4-11,14,21H,12-13,16-17H2,1-3H3,(H,29,32). The predicted octanol–water partition coefficient (Wildman–Crippen LogP) is 4.19. The van der Waals surface area contributed by atoms with E-state index in [1.165, 1.54) is 0 Å². The fraction of sp³-hybridized carbons (Fsp3) is 0.333. The monoisotopic (exact) mass is 424 g/mol. The minimum atomic E-state index is -0.361. The topological polar surface area (TPSA) is 59.4 Å². The maximum atomic E-state index is 13.4. The molecule has 0 spiro atoms. The van der Waals surface area contributed by atoms with Gasteiger partial charge < -0.3 is 15.1 Å². The maximum Gasteiger partial charge on any atom is 0.252 e. The molecule has 3 aromatic carbocycles. The molecule has 5 rings (SSSR count). The Morgan fingerprint density at radius 2 is 1.81 bits per heavy atom. The van der Waals surface area contributed by atoms with E-state index in [0.29, 0.717) is 11.6 Å². The van der Waals surface area contributed by atoms with Gasteiger partial charge in [-0.05, 0) is 74.0 Å². The van der Waals surface area contributed by atoms with Crippen molar-refractivity contribution in [2.45, 2.75) is 31.3 Å². The minimum Gasteiger partial charge on any atom is -0.368 e. The van der Waals surface area contributed by atoms with Crippen LogP contribution in [0.25, 0.3) is 10.8 Å². The van der Waals surface area contributed by atoms with Gasteiger partial charge in [-0.3, -0.25) is 4.79 Å². The maximum absolute atomic E-state index is 13.4. The van der Waals surface area contributed by atoms with Crippen LogP contribution in [0.5, 0.6) is 0 Å². The number of rotatable bonds is 5. The lowest BCUT2D eigenvalue weighted by Gasteiger charge is -2.44. The van der Waals surface area contributed by atoms with Crippen molar-refractivity contribution in [2.24, 2.45) is 0 Å². The molecule has 3 aromatic rings. The van der Waals surface area contributed by atoms with Crippen molar-refractivity contribution in [3.05, 3.63) is 76.9 Å². The van der Waals surface area contributed by atoms with Crippen LogP contribution in [0.1, 0.15) is 39.9 Å². The van der Waals surface area contributed by atoms with Crippen LogP contribution in [-0.2, 0) is 5.54 Å². The first-order chi connectivity index (χ1) is 15.4. The van der Waals surface area contributed by atoms with Crippen LogP contribution in [0.15, 0.2) is 54.6 Å². The first kappa shape index (κ1) is 20.5. The third-order valence-corrected chi connectivity index (χ3v) is 7.08. The second kappa shape index (κ2) is 7.65. The summed E-state index contributed by atoms with van der Waals surface area (Å²) >= 11 is 0. The van der Waals surface area contributed by atoms with Crippen LogP contribution in [0.3, 0.4) is 0 Å². The van der Waals surface area contributed by atoms with Gasteiger partial charge in [-0.25, -0.2) is 0 Å². The first-order valence-electron chi connectivity index (χ1n) is 11.2. The number of carbonyl (C=O) groups excluding carboxylic acids is 1. The van der Waals surface area contributed by atoms with Crippen molar-refractivity contribution in [1.29, 1.82) is 5.26 Å². The Hall–Kier alpha value is -3.36. The number of nitrogens with zero attached hydrogens (tertiary/aromatic N) is 3. The average Bonchev–Trinajstić information content (AvgIpc) is 3.52. The van der Waals surface area contributed by atoms with E-state index in [9.17, 15) is 10.1 Å². The number of nitrogens with one attached hydrogen (secondary N) is 1. The molecule has 1 saturated carbocycles. The first-order valence-corrected chi connectivity index (χ1v) is 11.2. The van der Waals surface area contributed by atoms with Gasteiger partial charge in [0.15, 0.2) is 0 Å². The Morgan fingerprint density at radius 1 is 1.09 bits per heavy atom. The molecule has 2 fully saturated rings. The highest BCUT2D eigenvalue weighted by Crippen LogP contribution is 2.48. The lowest BCUT2D eigenvalue weighted by molar-refractivity contribution is 0.0930. The van der Waals surface area contributed by atoms with Crippen molar-refractivity contribution in [3.63, 3.8) is 0 Å². The predicted molar refractivity (Wildman–Crippen MR) is 128 cm³/mol. The van der Waals surface area contributed by atoms with Gasteiger partial charge in [-0.2, -0.15) is 5.26 Å². The van der Waals surface area contributed by atoms with Gasteiger partial charge in [-0.1, -0.05) is 36.4 Å². The van der Waals surface area contributed by atoms with E-state index in [1.54, 1.807) is 0 Å². The van der Waals surface area contributed by atoms with E-state index >= 15 is 0 Å². The number of fused-ring (bicyclic) bond motifs is 1. The molecule has 1 aliphatic heterocycles. The normalized spacial score (nSPS) is 17.2. The summed E-state index contributed by atoms with van der Waals surface area (Å²) < 4.78 is 0. The zero-order valence-corrected chi connectivity index (χ0v) is 18.9. The molecular formula is C27H28N4O. The van der Waals surface area contributed by atoms with Crippen molar-refractivity contribution in [1.82, 2.24) is 10.2 Å². The Bertz CT molecular complexity index is 1250. The number of amides is 1. The fourth-order valence-corrected chi connectivity index (χ4v) is 4.74. The summed E-state index contributed by atoms with van der Waals surface area (Å²) in [4.78, 5) is 18.0. The highest BCUT2D eigenvalue weighted by atomic mass is 16.1. The van der Waals surface area contributed by atoms with Crippen molar-refractivity contribution in [2.75, 3.05) is 32.1 Å². The van der Waals surface area contributed by atoms with E-state index in [0.717, 1.165) is 59.1 Å². The Morgan fingerprint density at radius 3 is 2.50 bits per heavy atom. The van der Waals surface area contributed by atoms with E-state index in [-0.39, 0.29) is 11.4 Å². The number of carbonyl (C=O) groups is 1. The van der Waals surface area contributed by atoms with Crippen LogP contribution in [-0.4, -0.2) is 44.0 Å². The summed E-state index contributed by atoms with van der Waals surface area (Å²) in [7, 11) is 4.22. The SMILES string of the molecule is Cc1ccc(N2CC(N(C)C)C2)cc1C(=O)NC1(c2cccc3c(C#N)cccc23)CC1. The molecule has 0 radical (unpaired) electrons. The number of benzene rings is 3. The summed E-state index contributed by atoms with van der Waals surface area (Å²) in [6.45, 7) is 3.96. The zero-order valence-electron chi connectivity index (χ0n) is 18.9. The van der Waals surface area contributed by atoms with Gasteiger partial charge in [-0.15, -0.1) is 0 Å². The van der Waals surface area contributed by atoms with Gasteiger partial charge >= 0.3 is 0 Å². The smallest absolute Gasteiger partial charge is 0.252 e. The molecule has 0 aromatic heterocycles. The van der Waals surface area contributed by atoms with Crippen molar-refractivity contribution < 1.29 is 4.79 Å². The number of hydrogen-bond donors (Lipinski definition) is 1. The molecule has 1 N–H and O–H groups in total. The number of likely N-dealkylation sites (N-methyl/N-ethyl adjacent to an activating group) is 1. The molecule has 5 heteroatoms. The highest BCUT2D eigenvalue weighted by molar-refractivity contribution is 5.98. The molecular weight excluding hydrogens is 396 g/mol. The molecule has 0 bridgehead atoms. The molecule has 0 unspecified atom stereocenters. The summed E-state index contributed by atoms with van der Waals surface area (Å²) in [5, 5.41) is 14.8. The van der Waals surface area contributed by atoms with Crippen molar-refractivity contribution >= 4 is 22.4 Å². The molecule has 5 nitrogen and oxygen atoms in total. The quantitative estimate of drug-likeness (QED) is 0.667. The fourth-order valence-electron chi connectivity index (χ4n) is 4.74. The lowest BCUT2D eigenvalue weighted by atomic mass is 9.94. The number of aryl methyl sites for hydroxylation is 1. The Kier molecular flexibility index (Phi) is 4.91. The molecule has 1 saturated heterocycles. The molecule has 1 amide bonds. The summed E-state index contributed by atoms with van der Waals surface area (Å²) in [6, 6.07) is 20.9. The molecule has 1 heterocycles. The van der Waals surface area contributed by atoms with E-state index in [2.05, 4.69) is 53.5 Å². The highest BCUT2D eigenvalue weighted by Gasteiger charge is 2.47. The van der Waals surface area contributed by atoms with Crippen LogP contribution in [0.4, 0.5) is 5.69 Å². The van der Waals surface area contributed by atoms with E-state index in [4.69, 9.17) is 0 Å². The summed E-state index contributed by atoms with van der Waals surface area (Å²) in [5.41, 5.74) is 4.23. The molecule has 32 heavy (non-hydrogen) atoms. The van der Waals surface area contributed by atoms with Crippen LogP contribution in [0.2, 0.25) is 0 Å². The van der Waals surface area contributed by atoms with Crippen LogP contribution in [0, 0.1) is 18.3 Å². The van der Waals surface area contributed by atoms with Gasteiger partial charge in [0.25, 0.3) is 5.91 Å². The summed E-state index contributed by atoms with van der Waals surface area (Å²) in [6.07, 6.45) is 1.81. The summed E-state index contributed by atoms with van der Waals surface area (Å²) in [5.74, 6) is -0.0278. The Labute approximate surface area is 189 Å². The third kappa shape index (κ3) is 3.41. The zero-order chi connectivity index (χ0) is 22.5. The average molecular weight is 425 g/mol. The number of hydrogen-bond acceptors (Lipinski definition) is 4. The second-order valence-electron chi connectivity index (χ2n) is 9.38. The van der Waals surface area contributed by atoms with Crippen LogP contribution < -0.4 is 10.2 Å². The van der Waals surface area contributed by atoms with Gasteiger partial charge in [0.1, 0.15) is 0 Å². The molecule has 0 atom stereocenters. The van der Waals surface area contributed by atoms with Crippen molar-refractivity contribution in [3.8, 4) is 6.07 Å².